The topological polar surface area (TPSA) is 74.9 Å². The molecule has 6 nitrogen and oxygen atoms in total. The molecule has 0 radical (unpaired) electrons. The van der Waals surface area contributed by atoms with E-state index in [1.54, 1.807) is 0 Å². The van der Waals surface area contributed by atoms with Crippen molar-refractivity contribution in [3.63, 3.8) is 0 Å². The summed E-state index contributed by atoms with van der Waals surface area (Å²) in [6.07, 6.45) is 1.06. The van der Waals surface area contributed by atoms with Gasteiger partial charge in [0.2, 0.25) is 0 Å². The van der Waals surface area contributed by atoms with Crippen LogP contribution in [0.3, 0.4) is 0 Å². The lowest BCUT2D eigenvalue weighted by Gasteiger charge is -2.29. The Morgan fingerprint density at radius 1 is 1.27 bits per heavy atom. The predicted molar refractivity (Wildman–Crippen MR) is 108 cm³/mol. The average Bonchev–Trinajstić information content (AvgIpc) is 2.65. The summed E-state index contributed by atoms with van der Waals surface area (Å²) in [7, 11) is 0. The number of aliphatic imine (C=N–C) groups is 1. The van der Waals surface area contributed by atoms with Crippen LogP contribution in [0.4, 0.5) is 0 Å². The van der Waals surface area contributed by atoms with E-state index in [-0.39, 0.29) is 11.6 Å². The van der Waals surface area contributed by atoms with Crippen LogP contribution < -0.4 is 16.4 Å². The summed E-state index contributed by atoms with van der Waals surface area (Å²) in [5, 5.41) is 6.85. The van der Waals surface area contributed by atoms with Crippen LogP contribution in [0, 0.1) is 0 Å². The maximum atomic E-state index is 6.02. The van der Waals surface area contributed by atoms with E-state index in [2.05, 4.69) is 65.6 Å². The van der Waals surface area contributed by atoms with Crippen molar-refractivity contribution in [2.75, 3.05) is 45.9 Å². The third kappa shape index (κ3) is 7.72. The van der Waals surface area contributed by atoms with E-state index >= 15 is 0 Å². The molecule has 1 aliphatic heterocycles. The summed E-state index contributed by atoms with van der Waals surface area (Å²) in [5.74, 6) is 0.522. The maximum Gasteiger partial charge on any atom is 0.188 e. The van der Waals surface area contributed by atoms with Gasteiger partial charge in [-0.25, -0.2) is 0 Å². The molecule has 0 aliphatic carbocycles. The fourth-order valence-electron chi connectivity index (χ4n) is 3.14. The molecule has 1 unspecified atom stereocenters. The van der Waals surface area contributed by atoms with Gasteiger partial charge in [-0.2, -0.15) is 0 Å². The van der Waals surface area contributed by atoms with Gasteiger partial charge in [0.05, 0.1) is 19.8 Å². The molecular weight excluding hydrogens is 326 g/mol. The third-order valence-corrected chi connectivity index (χ3v) is 4.61. The Labute approximate surface area is 158 Å². The molecule has 26 heavy (non-hydrogen) atoms. The molecule has 1 atom stereocenters. The maximum absolute atomic E-state index is 6.02. The molecule has 146 valence electrons. The molecule has 4 N–H and O–H groups in total. The van der Waals surface area contributed by atoms with Crippen LogP contribution in [0.1, 0.15) is 38.8 Å². The Morgan fingerprint density at radius 2 is 1.96 bits per heavy atom. The highest BCUT2D eigenvalue weighted by atomic mass is 16.5. The van der Waals surface area contributed by atoms with Gasteiger partial charge in [0.1, 0.15) is 0 Å². The van der Waals surface area contributed by atoms with Crippen molar-refractivity contribution in [1.29, 1.82) is 0 Å². The van der Waals surface area contributed by atoms with E-state index in [1.165, 1.54) is 5.56 Å². The van der Waals surface area contributed by atoms with E-state index < -0.39 is 0 Å². The minimum absolute atomic E-state index is 0.130. The van der Waals surface area contributed by atoms with Crippen molar-refractivity contribution in [2.24, 2.45) is 10.7 Å². The zero-order valence-electron chi connectivity index (χ0n) is 16.5. The van der Waals surface area contributed by atoms with E-state index in [4.69, 9.17) is 10.5 Å². The van der Waals surface area contributed by atoms with Crippen LogP contribution in [-0.4, -0.2) is 62.3 Å². The summed E-state index contributed by atoms with van der Waals surface area (Å²) in [6, 6.07) is 10.7. The van der Waals surface area contributed by atoms with Gasteiger partial charge in [-0.1, -0.05) is 30.3 Å². The zero-order chi connectivity index (χ0) is 18.8. The van der Waals surface area contributed by atoms with Crippen molar-refractivity contribution in [3.05, 3.63) is 35.9 Å². The molecule has 1 aromatic carbocycles. The fourth-order valence-corrected chi connectivity index (χ4v) is 3.14. The second-order valence-corrected chi connectivity index (χ2v) is 7.60. The molecule has 0 spiro atoms. The van der Waals surface area contributed by atoms with Gasteiger partial charge in [-0.3, -0.25) is 9.89 Å². The first kappa shape index (κ1) is 20.7. The number of nitrogens with one attached hydrogen (secondary N) is 2. The van der Waals surface area contributed by atoms with Gasteiger partial charge in [0.15, 0.2) is 5.96 Å². The first-order valence-corrected chi connectivity index (χ1v) is 9.63. The SMILES string of the molecule is CC(NC(C)(C)CN=C(N)NCCCN1CCOCC1)c1ccccc1. The minimum atomic E-state index is -0.130. The lowest BCUT2D eigenvalue weighted by molar-refractivity contribution is 0.0376. The number of morpholine rings is 1. The van der Waals surface area contributed by atoms with E-state index in [9.17, 15) is 0 Å². The van der Waals surface area contributed by atoms with Crippen LogP contribution in [0.5, 0.6) is 0 Å². The average molecular weight is 362 g/mol. The Hall–Kier alpha value is -1.63. The Morgan fingerprint density at radius 3 is 2.65 bits per heavy atom. The van der Waals surface area contributed by atoms with Crippen LogP contribution >= 0.6 is 0 Å². The first-order valence-electron chi connectivity index (χ1n) is 9.63. The number of benzene rings is 1. The van der Waals surface area contributed by atoms with E-state index in [0.29, 0.717) is 12.5 Å². The van der Waals surface area contributed by atoms with Gasteiger partial charge >= 0.3 is 0 Å². The van der Waals surface area contributed by atoms with Crippen LogP contribution in [0.2, 0.25) is 0 Å². The molecule has 1 heterocycles. The predicted octanol–water partition coefficient (Wildman–Crippen LogP) is 1.74. The molecule has 6 heteroatoms. The van der Waals surface area contributed by atoms with E-state index in [0.717, 1.165) is 45.8 Å². The molecule has 0 bridgehead atoms. The molecule has 1 aliphatic rings. The summed E-state index contributed by atoms with van der Waals surface area (Å²) >= 11 is 0. The first-order chi connectivity index (χ1) is 12.5. The second-order valence-electron chi connectivity index (χ2n) is 7.60. The molecule has 2 rings (SSSR count). The number of nitrogens with two attached hydrogens (primary N) is 1. The largest absolute Gasteiger partial charge is 0.379 e. The quantitative estimate of drug-likeness (QED) is 0.355. The number of rotatable bonds is 9. The van der Waals surface area contributed by atoms with Crippen LogP contribution in [-0.2, 0) is 4.74 Å². The van der Waals surface area contributed by atoms with Gasteiger partial charge in [0, 0.05) is 31.2 Å². The number of nitrogens with zero attached hydrogens (tertiary/aromatic N) is 2. The number of hydrogen-bond acceptors (Lipinski definition) is 4. The molecule has 1 aromatic rings. The number of hydrogen-bond donors (Lipinski definition) is 3. The van der Waals surface area contributed by atoms with Gasteiger partial charge in [0.25, 0.3) is 0 Å². The molecule has 0 amide bonds. The fraction of sp³-hybridized carbons (Fsp3) is 0.650. The highest BCUT2D eigenvalue weighted by Crippen LogP contribution is 2.16. The van der Waals surface area contributed by atoms with Crippen LogP contribution in [0.25, 0.3) is 0 Å². The monoisotopic (exact) mass is 361 g/mol. The second kappa shape index (κ2) is 10.5. The molecule has 0 saturated carbocycles. The standard InChI is InChI=1S/C20H35N5O/c1-17(18-8-5-4-6-9-18)24-20(2,3)16-23-19(21)22-10-7-11-25-12-14-26-15-13-25/h4-6,8-9,17,24H,7,10-16H2,1-3H3,(H3,21,22,23). The van der Waals surface area contributed by atoms with Crippen molar-refractivity contribution in [2.45, 2.75) is 38.8 Å². The number of ether oxygens (including phenoxy) is 1. The molecule has 1 saturated heterocycles. The Kier molecular flexibility index (Phi) is 8.35. The van der Waals surface area contributed by atoms with Gasteiger partial charge in [-0.15, -0.1) is 0 Å². The smallest absolute Gasteiger partial charge is 0.188 e. The van der Waals surface area contributed by atoms with Crippen molar-refractivity contribution < 1.29 is 4.74 Å². The highest BCUT2D eigenvalue weighted by Gasteiger charge is 2.20. The van der Waals surface area contributed by atoms with Crippen LogP contribution in [0.15, 0.2) is 35.3 Å². The van der Waals surface area contributed by atoms with E-state index in [1.807, 2.05) is 6.07 Å². The van der Waals surface area contributed by atoms with Gasteiger partial charge < -0.3 is 21.1 Å². The molecular formula is C20H35N5O. The van der Waals surface area contributed by atoms with Gasteiger partial charge in [-0.05, 0) is 39.3 Å². The van der Waals surface area contributed by atoms with Crippen molar-refractivity contribution >= 4 is 5.96 Å². The minimum Gasteiger partial charge on any atom is -0.379 e. The summed E-state index contributed by atoms with van der Waals surface area (Å²) in [5.41, 5.74) is 7.17. The van der Waals surface area contributed by atoms with Crippen molar-refractivity contribution in [1.82, 2.24) is 15.5 Å². The Bertz CT molecular complexity index is 540. The summed E-state index contributed by atoms with van der Waals surface area (Å²) < 4.78 is 5.36. The Balaban J connectivity index is 1.67. The number of guanidine groups is 1. The molecule has 1 fully saturated rings. The lowest BCUT2D eigenvalue weighted by Crippen LogP contribution is -2.45. The summed E-state index contributed by atoms with van der Waals surface area (Å²) in [6.45, 7) is 12.8. The third-order valence-electron chi connectivity index (χ3n) is 4.61. The van der Waals surface area contributed by atoms with Crippen molar-refractivity contribution in [3.8, 4) is 0 Å². The highest BCUT2D eigenvalue weighted by molar-refractivity contribution is 5.77. The zero-order valence-corrected chi connectivity index (χ0v) is 16.5. The summed E-state index contributed by atoms with van der Waals surface area (Å²) in [4.78, 5) is 6.94. The normalized spacial score (nSPS) is 17.9. The lowest BCUT2D eigenvalue weighted by atomic mass is 10.0. The molecule has 0 aromatic heterocycles.